The van der Waals surface area contributed by atoms with E-state index in [0.717, 1.165) is 13.1 Å². The topological polar surface area (TPSA) is 73.6 Å². The van der Waals surface area contributed by atoms with Gasteiger partial charge in [0.25, 0.3) is 5.69 Å². The van der Waals surface area contributed by atoms with Crippen LogP contribution in [-0.2, 0) is 16.1 Å². The molecule has 0 aliphatic carbocycles. The summed E-state index contributed by atoms with van der Waals surface area (Å²) in [5.41, 5.74) is 0.383. The summed E-state index contributed by atoms with van der Waals surface area (Å²) < 4.78 is 10.9. The third kappa shape index (κ3) is 3.87. The molecule has 104 valence electrons. The zero-order chi connectivity index (χ0) is 13.7. The van der Waals surface area contributed by atoms with E-state index in [-0.39, 0.29) is 18.4 Å². The van der Waals surface area contributed by atoms with Crippen molar-refractivity contribution in [3.8, 4) is 0 Å². The number of ether oxygens (including phenoxy) is 2. The summed E-state index contributed by atoms with van der Waals surface area (Å²) in [5, 5.41) is 14.4. The van der Waals surface area contributed by atoms with Crippen LogP contribution in [0.5, 0.6) is 0 Å². The molecule has 1 aromatic carbocycles. The molecule has 1 N–H and O–H groups in total. The molecule has 6 nitrogen and oxygen atoms in total. The monoisotopic (exact) mass is 286 g/mol. The van der Waals surface area contributed by atoms with Gasteiger partial charge in [-0.1, -0.05) is 17.7 Å². The lowest BCUT2D eigenvalue weighted by Gasteiger charge is -2.23. The molecule has 1 unspecified atom stereocenters. The van der Waals surface area contributed by atoms with Crippen LogP contribution in [-0.4, -0.2) is 37.3 Å². The molecule has 1 aliphatic rings. The molecule has 7 heteroatoms. The van der Waals surface area contributed by atoms with Gasteiger partial charge in [0, 0.05) is 19.2 Å². The fraction of sp³-hybridized carbons (Fsp3) is 0.500. The maximum absolute atomic E-state index is 10.9. The molecule has 1 fully saturated rings. The van der Waals surface area contributed by atoms with Gasteiger partial charge in [-0.3, -0.25) is 10.1 Å². The molecular formula is C12H15ClN2O4. The number of rotatable bonds is 5. The van der Waals surface area contributed by atoms with Gasteiger partial charge in [0.15, 0.2) is 0 Å². The zero-order valence-electron chi connectivity index (χ0n) is 10.3. The minimum atomic E-state index is -0.455. The summed E-state index contributed by atoms with van der Waals surface area (Å²) in [6.07, 6.45) is -0.0182. The van der Waals surface area contributed by atoms with Crippen LogP contribution >= 0.6 is 11.6 Å². The van der Waals surface area contributed by atoms with Crippen LogP contribution in [0.1, 0.15) is 5.56 Å². The van der Waals surface area contributed by atoms with Crippen LogP contribution in [0.3, 0.4) is 0 Å². The minimum absolute atomic E-state index is 0.0182. The van der Waals surface area contributed by atoms with E-state index in [1.165, 1.54) is 6.07 Å². The Bertz CT molecular complexity index is 449. The van der Waals surface area contributed by atoms with Gasteiger partial charge >= 0.3 is 0 Å². The number of morpholine rings is 1. The van der Waals surface area contributed by atoms with E-state index in [0.29, 0.717) is 23.8 Å². The number of hydrogen-bond donors (Lipinski definition) is 1. The lowest BCUT2D eigenvalue weighted by Crippen LogP contribution is -2.40. The molecule has 1 saturated heterocycles. The number of nitrogens with one attached hydrogen (secondary N) is 1. The molecule has 0 bridgehead atoms. The summed E-state index contributed by atoms with van der Waals surface area (Å²) in [5.74, 6) is 0. The smallest absolute Gasteiger partial charge is 0.276 e. The van der Waals surface area contributed by atoms with Gasteiger partial charge in [-0.25, -0.2) is 0 Å². The Labute approximate surface area is 115 Å². The van der Waals surface area contributed by atoms with Crippen LogP contribution in [0.15, 0.2) is 18.2 Å². The Hall–Kier alpha value is -1.21. The maximum Gasteiger partial charge on any atom is 0.276 e. The molecule has 0 aromatic heterocycles. The van der Waals surface area contributed by atoms with Crippen molar-refractivity contribution < 1.29 is 14.4 Å². The second-order valence-corrected chi connectivity index (χ2v) is 4.61. The maximum atomic E-state index is 10.9. The van der Waals surface area contributed by atoms with Crippen LogP contribution in [0.4, 0.5) is 5.69 Å². The van der Waals surface area contributed by atoms with Crippen molar-refractivity contribution in [2.45, 2.75) is 12.7 Å². The van der Waals surface area contributed by atoms with Crippen molar-refractivity contribution in [2.75, 3.05) is 26.3 Å². The molecule has 1 heterocycles. The highest BCUT2D eigenvalue weighted by molar-refractivity contribution is 6.31. The third-order valence-electron chi connectivity index (χ3n) is 2.85. The summed E-state index contributed by atoms with van der Waals surface area (Å²) in [6.45, 7) is 2.71. The van der Waals surface area contributed by atoms with E-state index in [4.69, 9.17) is 21.1 Å². The lowest BCUT2D eigenvalue weighted by molar-refractivity contribution is -0.386. The SMILES string of the molecule is O=[N+]([O-])c1cccc(Cl)c1COCC1CNCCO1. The summed E-state index contributed by atoms with van der Waals surface area (Å²) >= 11 is 5.97. The highest BCUT2D eigenvalue weighted by Gasteiger charge is 2.18. The Morgan fingerprint density at radius 1 is 1.58 bits per heavy atom. The second kappa shape index (κ2) is 6.81. The number of nitro benzene ring substituents is 1. The molecule has 19 heavy (non-hydrogen) atoms. The number of nitrogens with zero attached hydrogens (tertiary/aromatic N) is 1. The average Bonchev–Trinajstić information content (AvgIpc) is 2.41. The van der Waals surface area contributed by atoms with E-state index in [1.807, 2.05) is 0 Å². The van der Waals surface area contributed by atoms with Crippen LogP contribution in [0.25, 0.3) is 0 Å². The minimum Gasteiger partial charge on any atom is -0.374 e. The summed E-state index contributed by atoms with van der Waals surface area (Å²) in [4.78, 5) is 10.4. The third-order valence-corrected chi connectivity index (χ3v) is 3.20. The first-order valence-corrected chi connectivity index (χ1v) is 6.38. The molecule has 2 rings (SSSR count). The van der Waals surface area contributed by atoms with E-state index in [2.05, 4.69) is 5.32 Å². The first-order chi connectivity index (χ1) is 9.18. The van der Waals surface area contributed by atoms with Gasteiger partial charge in [-0.2, -0.15) is 0 Å². The fourth-order valence-corrected chi connectivity index (χ4v) is 2.10. The Morgan fingerprint density at radius 2 is 2.42 bits per heavy atom. The molecular weight excluding hydrogens is 272 g/mol. The predicted molar refractivity (Wildman–Crippen MR) is 70.4 cm³/mol. The summed E-state index contributed by atoms with van der Waals surface area (Å²) in [7, 11) is 0. The highest BCUT2D eigenvalue weighted by Crippen LogP contribution is 2.26. The predicted octanol–water partition coefficient (Wildman–Crippen LogP) is 1.75. The number of nitro groups is 1. The molecule has 0 radical (unpaired) electrons. The van der Waals surface area contributed by atoms with Gasteiger partial charge in [0.1, 0.15) is 0 Å². The Kier molecular flexibility index (Phi) is 5.09. The largest absolute Gasteiger partial charge is 0.374 e. The quantitative estimate of drug-likeness (QED) is 0.659. The fourth-order valence-electron chi connectivity index (χ4n) is 1.88. The molecule has 0 saturated carbocycles. The number of benzene rings is 1. The van der Waals surface area contributed by atoms with Crippen molar-refractivity contribution in [3.63, 3.8) is 0 Å². The van der Waals surface area contributed by atoms with E-state index in [9.17, 15) is 10.1 Å². The molecule has 1 aromatic rings. The Balaban J connectivity index is 1.93. The van der Waals surface area contributed by atoms with Gasteiger partial charge in [0.05, 0.1) is 41.4 Å². The summed E-state index contributed by atoms with van der Waals surface area (Å²) in [6, 6.07) is 4.59. The normalized spacial score (nSPS) is 19.3. The molecule has 1 aliphatic heterocycles. The first-order valence-electron chi connectivity index (χ1n) is 6.00. The van der Waals surface area contributed by atoms with E-state index in [1.54, 1.807) is 12.1 Å². The molecule has 0 amide bonds. The van der Waals surface area contributed by atoms with Gasteiger partial charge in [-0.15, -0.1) is 0 Å². The van der Waals surface area contributed by atoms with E-state index < -0.39 is 4.92 Å². The van der Waals surface area contributed by atoms with Crippen molar-refractivity contribution in [3.05, 3.63) is 38.9 Å². The number of halogens is 1. The van der Waals surface area contributed by atoms with Crippen molar-refractivity contribution >= 4 is 17.3 Å². The van der Waals surface area contributed by atoms with Gasteiger partial charge in [-0.05, 0) is 6.07 Å². The van der Waals surface area contributed by atoms with Gasteiger partial charge in [0.2, 0.25) is 0 Å². The van der Waals surface area contributed by atoms with Crippen LogP contribution in [0, 0.1) is 10.1 Å². The highest BCUT2D eigenvalue weighted by atomic mass is 35.5. The zero-order valence-corrected chi connectivity index (χ0v) is 11.1. The first kappa shape index (κ1) is 14.2. The second-order valence-electron chi connectivity index (χ2n) is 4.21. The Morgan fingerprint density at radius 3 is 3.11 bits per heavy atom. The van der Waals surface area contributed by atoms with Crippen molar-refractivity contribution in [1.29, 1.82) is 0 Å². The van der Waals surface area contributed by atoms with E-state index >= 15 is 0 Å². The van der Waals surface area contributed by atoms with Crippen molar-refractivity contribution in [1.82, 2.24) is 5.32 Å². The van der Waals surface area contributed by atoms with Gasteiger partial charge < -0.3 is 14.8 Å². The molecule has 1 atom stereocenters. The average molecular weight is 287 g/mol. The molecule has 0 spiro atoms. The van der Waals surface area contributed by atoms with Crippen molar-refractivity contribution in [2.24, 2.45) is 0 Å². The standard InChI is InChI=1S/C12H15ClN2O4/c13-11-2-1-3-12(15(16)17)10(11)8-18-7-9-6-14-4-5-19-9/h1-3,9,14H,4-8H2. The van der Waals surface area contributed by atoms with Crippen LogP contribution < -0.4 is 5.32 Å². The lowest BCUT2D eigenvalue weighted by atomic mass is 10.2. The number of hydrogen-bond acceptors (Lipinski definition) is 5. The van der Waals surface area contributed by atoms with Crippen LogP contribution in [0.2, 0.25) is 5.02 Å².